The summed E-state index contributed by atoms with van der Waals surface area (Å²) in [6.45, 7) is 2.63. The van der Waals surface area contributed by atoms with E-state index in [2.05, 4.69) is 9.97 Å². The minimum atomic E-state index is -0.109. The molecule has 126 valence electrons. The third-order valence-electron chi connectivity index (χ3n) is 3.60. The van der Waals surface area contributed by atoms with E-state index in [1.54, 1.807) is 14.2 Å². The Bertz CT molecular complexity index is 918. The van der Waals surface area contributed by atoms with Crippen molar-refractivity contribution in [1.82, 2.24) is 9.97 Å². The Morgan fingerprint density at radius 2 is 2.17 bits per heavy atom. The Balaban J connectivity index is 2.09. The number of nitrogens with zero attached hydrogens (tertiary/aromatic N) is 1. The van der Waals surface area contributed by atoms with Crippen molar-refractivity contribution in [1.29, 1.82) is 0 Å². The third-order valence-corrected chi connectivity index (χ3v) is 5.44. The van der Waals surface area contributed by atoms with Gasteiger partial charge in [0.15, 0.2) is 5.16 Å². The van der Waals surface area contributed by atoms with Crippen LogP contribution in [0.15, 0.2) is 34.2 Å². The molecule has 0 fully saturated rings. The van der Waals surface area contributed by atoms with Crippen molar-refractivity contribution in [3.63, 3.8) is 0 Å². The van der Waals surface area contributed by atoms with Crippen LogP contribution < -0.4 is 10.3 Å². The van der Waals surface area contributed by atoms with Crippen LogP contribution in [-0.4, -0.2) is 36.5 Å². The highest BCUT2D eigenvalue weighted by atomic mass is 32.2. The van der Waals surface area contributed by atoms with Gasteiger partial charge < -0.3 is 14.5 Å². The molecule has 0 saturated carbocycles. The fourth-order valence-corrected chi connectivity index (χ4v) is 4.38. The molecule has 0 aliphatic heterocycles. The van der Waals surface area contributed by atoms with Gasteiger partial charge in [0.1, 0.15) is 10.6 Å². The average molecular weight is 362 g/mol. The highest BCUT2D eigenvalue weighted by molar-refractivity contribution is 7.99. The molecule has 5 nitrogen and oxygen atoms in total. The predicted octanol–water partition coefficient (Wildman–Crippen LogP) is 3.71. The quantitative estimate of drug-likeness (QED) is 0.411. The van der Waals surface area contributed by atoms with Gasteiger partial charge in [0.05, 0.1) is 19.1 Å². The summed E-state index contributed by atoms with van der Waals surface area (Å²) in [7, 11) is 3.29. The van der Waals surface area contributed by atoms with Crippen molar-refractivity contribution in [3.8, 4) is 16.9 Å². The van der Waals surface area contributed by atoms with Crippen LogP contribution >= 0.6 is 23.1 Å². The number of aromatic nitrogens is 2. The van der Waals surface area contributed by atoms with Gasteiger partial charge in [-0.2, -0.15) is 0 Å². The second-order valence-electron chi connectivity index (χ2n) is 5.16. The SMILES string of the molecule is COCCSc1nc2sc(C)c(-c3cccc(OC)c3)c2c(=O)[nH]1. The molecule has 0 unspecified atom stereocenters. The third kappa shape index (κ3) is 3.33. The smallest absolute Gasteiger partial charge is 0.260 e. The summed E-state index contributed by atoms with van der Waals surface area (Å²) in [5.41, 5.74) is 1.78. The summed E-state index contributed by atoms with van der Waals surface area (Å²) in [6, 6.07) is 7.74. The van der Waals surface area contributed by atoms with E-state index in [1.807, 2.05) is 31.2 Å². The molecule has 0 saturated heterocycles. The Morgan fingerprint density at radius 1 is 1.33 bits per heavy atom. The standard InChI is InChI=1S/C17H18N2O3S2/c1-10-13(11-5-4-6-12(9-11)22-3)14-15(20)18-17(19-16(14)24-10)23-8-7-21-2/h4-6,9H,7-8H2,1-3H3,(H,18,19,20). The molecule has 0 amide bonds. The lowest BCUT2D eigenvalue weighted by Gasteiger charge is -2.05. The van der Waals surface area contributed by atoms with Crippen LogP contribution in [0.5, 0.6) is 5.75 Å². The highest BCUT2D eigenvalue weighted by Crippen LogP contribution is 2.37. The second-order valence-corrected chi connectivity index (χ2v) is 7.44. The number of aryl methyl sites for hydroxylation is 1. The number of fused-ring (bicyclic) bond motifs is 1. The number of thioether (sulfide) groups is 1. The van der Waals surface area contributed by atoms with Crippen LogP contribution in [0.25, 0.3) is 21.3 Å². The van der Waals surface area contributed by atoms with Gasteiger partial charge in [-0.1, -0.05) is 23.9 Å². The molecule has 0 bridgehead atoms. The summed E-state index contributed by atoms with van der Waals surface area (Å²) in [4.78, 5) is 21.9. The number of aromatic amines is 1. The molecule has 1 N–H and O–H groups in total. The zero-order valence-electron chi connectivity index (χ0n) is 13.7. The van der Waals surface area contributed by atoms with E-state index in [4.69, 9.17) is 9.47 Å². The molecule has 7 heteroatoms. The van der Waals surface area contributed by atoms with E-state index in [0.717, 1.165) is 32.3 Å². The molecular formula is C17H18N2O3S2. The van der Waals surface area contributed by atoms with Gasteiger partial charge in [-0.05, 0) is 24.6 Å². The maximum Gasteiger partial charge on any atom is 0.260 e. The number of nitrogens with one attached hydrogen (secondary N) is 1. The Kier molecular flexibility index (Phi) is 5.23. The first kappa shape index (κ1) is 17.0. The van der Waals surface area contributed by atoms with E-state index in [-0.39, 0.29) is 5.56 Å². The first-order valence-corrected chi connectivity index (χ1v) is 9.24. The molecule has 0 aliphatic carbocycles. The fourth-order valence-electron chi connectivity index (χ4n) is 2.52. The maximum atomic E-state index is 12.6. The number of thiophene rings is 1. The topological polar surface area (TPSA) is 64.2 Å². The monoisotopic (exact) mass is 362 g/mol. The van der Waals surface area contributed by atoms with E-state index in [1.165, 1.54) is 23.1 Å². The molecule has 24 heavy (non-hydrogen) atoms. The van der Waals surface area contributed by atoms with E-state index < -0.39 is 0 Å². The fraction of sp³-hybridized carbons (Fsp3) is 0.294. The van der Waals surface area contributed by atoms with Crippen LogP contribution in [0.1, 0.15) is 4.88 Å². The first-order valence-electron chi connectivity index (χ1n) is 7.43. The van der Waals surface area contributed by atoms with Gasteiger partial charge >= 0.3 is 0 Å². The van der Waals surface area contributed by atoms with Crippen molar-refractivity contribution >= 4 is 33.3 Å². The second kappa shape index (κ2) is 7.38. The Morgan fingerprint density at radius 3 is 2.92 bits per heavy atom. The van der Waals surface area contributed by atoms with Crippen molar-refractivity contribution in [2.24, 2.45) is 0 Å². The van der Waals surface area contributed by atoms with Crippen molar-refractivity contribution in [2.75, 3.05) is 26.6 Å². The molecule has 2 heterocycles. The van der Waals surface area contributed by atoms with Gasteiger partial charge in [-0.25, -0.2) is 4.98 Å². The molecule has 0 radical (unpaired) electrons. The minimum Gasteiger partial charge on any atom is -0.497 e. The van der Waals surface area contributed by atoms with Gasteiger partial charge in [-0.15, -0.1) is 11.3 Å². The van der Waals surface area contributed by atoms with Crippen molar-refractivity contribution < 1.29 is 9.47 Å². The summed E-state index contributed by atoms with van der Waals surface area (Å²) < 4.78 is 10.3. The average Bonchev–Trinajstić information content (AvgIpc) is 2.91. The molecule has 0 spiro atoms. The van der Waals surface area contributed by atoms with E-state index >= 15 is 0 Å². The number of hydrogen-bond donors (Lipinski definition) is 1. The predicted molar refractivity (Wildman–Crippen MR) is 99.6 cm³/mol. The zero-order valence-corrected chi connectivity index (χ0v) is 15.3. The number of rotatable bonds is 6. The number of benzene rings is 1. The lowest BCUT2D eigenvalue weighted by atomic mass is 10.0. The van der Waals surface area contributed by atoms with Gasteiger partial charge in [0, 0.05) is 23.3 Å². The minimum absolute atomic E-state index is 0.109. The lowest BCUT2D eigenvalue weighted by molar-refractivity contribution is 0.218. The molecule has 3 rings (SSSR count). The molecule has 2 aromatic heterocycles. The molecular weight excluding hydrogens is 344 g/mol. The van der Waals surface area contributed by atoms with Crippen molar-refractivity contribution in [3.05, 3.63) is 39.5 Å². The van der Waals surface area contributed by atoms with E-state index in [9.17, 15) is 4.79 Å². The number of methoxy groups -OCH3 is 2. The van der Waals surface area contributed by atoms with Crippen LogP contribution in [0.3, 0.4) is 0 Å². The number of hydrogen-bond acceptors (Lipinski definition) is 6. The molecule has 0 atom stereocenters. The first-order chi connectivity index (χ1) is 11.6. The molecule has 0 aliphatic rings. The summed E-state index contributed by atoms with van der Waals surface area (Å²) >= 11 is 3.02. The zero-order chi connectivity index (χ0) is 17.1. The summed E-state index contributed by atoms with van der Waals surface area (Å²) in [5, 5.41) is 1.27. The Labute approximate surface area is 148 Å². The Hall–Kier alpha value is -1.83. The van der Waals surface area contributed by atoms with Crippen molar-refractivity contribution in [2.45, 2.75) is 12.1 Å². The van der Waals surface area contributed by atoms with Gasteiger partial charge in [0.25, 0.3) is 5.56 Å². The summed E-state index contributed by atoms with van der Waals surface area (Å²) in [6.07, 6.45) is 0. The number of H-pyrrole nitrogens is 1. The molecule has 1 aromatic carbocycles. The van der Waals surface area contributed by atoms with Crippen LogP contribution in [-0.2, 0) is 4.74 Å². The van der Waals surface area contributed by atoms with E-state index in [0.29, 0.717) is 17.1 Å². The molecule has 3 aromatic rings. The number of ether oxygens (including phenoxy) is 2. The normalized spacial score (nSPS) is 11.1. The summed E-state index contributed by atoms with van der Waals surface area (Å²) in [5.74, 6) is 1.51. The van der Waals surface area contributed by atoms with Crippen LogP contribution in [0, 0.1) is 6.92 Å². The van der Waals surface area contributed by atoms with Gasteiger partial charge in [-0.3, -0.25) is 4.79 Å². The lowest BCUT2D eigenvalue weighted by Crippen LogP contribution is -2.09. The highest BCUT2D eigenvalue weighted by Gasteiger charge is 2.17. The van der Waals surface area contributed by atoms with Gasteiger partial charge in [0.2, 0.25) is 0 Å². The largest absolute Gasteiger partial charge is 0.497 e. The van der Waals surface area contributed by atoms with Crippen LogP contribution in [0.2, 0.25) is 0 Å². The maximum absolute atomic E-state index is 12.6. The van der Waals surface area contributed by atoms with Crippen LogP contribution in [0.4, 0.5) is 0 Å².